The van der Waals surface area contributed by atoms with Crippen molar-refractivity contribution in [1.82, 2.24) is 9.97 Å². The van der Waals surface area contributed by atoms with Gasteiger partial charge in [0.25, 0.3) is 0 Å². The lowest BCUT2D eigenvalue weighted by atomic mass is 10.6. The Kier molecular flexibility index (Phi) is 13.7. The number of hydrogen-bond donors (Lipinski definition) is 1. The number of aromatic nitrogens is 2. The monoisotopic (exact) mass is 172 g/mol. The average molecular weight is 173 g/mol. The van der Waals surface area contributed by atoms with Crippen LogP contribution in [0.2, 0.25) is 0 Å². The second-order valence-electron chi connectivity index (χ2n) is 1.23. The van der Waals surface area contributed by atoms with E-state index in [0.29, 0.717) is 0 Å². The number of imidazole rings is 1. The highest BCUT2D eigenvalue weighted by Crippen LogP contribution is 1.81. The van der Waals surface area contributed by atoms with Crippen LogP contribution in [0.5, 0.6) is 0 Å². The van der Waals surface area contributed by atoms with Gasteiger partial charge in [-0.2, -0.15) is 0 Å². The van der Waals surface area contributed by atoms with Gasteiger partial charge in [0.2, 0.25) is 0 Å². The minimum absolute atomic E-state index is 0. The number of rotatable bonds is 0. The van der Waals surface area contributed by atoms with Gasteiger partial charge in [-0.25, -0.2) is 4.98 Å². The molecule has 0 unspecified atom stereocenters. The van der Waals surface area contributed by atoms with E-state index in [4.69, 9.17) is 0 Å². The fourth-order valence-electron chi connectivity index (χ4n) is 0.325. The Morgan fingerprint density at radius 3 is 2.11 bits per heavy atom. The van der Waals surface area contributed by atoms with Crippen LogP contribution in [0.1, 0.15) is 5.69 Å². The molecule has 0 saturated carbocycles. The number of aromatic amines is 1. The second kappa shape index (κ2) is 7.75. The first-order valence-electron chi connectivity index (χ1n) is 1.84. The molecule has 1 rings (SSSR count). The molecule has 0 aliphatic carbocycles. The molecule has 1 heterocycles. The van der Waals surface area contributed by atoms with Gasteiger partial charge < -0.3 is 10.5 Å². The molecule has 0 atom stereocenters. The zero-order valence-corrected chi connectivity index (χ0v) is 6.55. The predicted octanol–water partition coefficient (Wildman–Crippen LogP) is 0.737. The van der Waals surface area contributed by atoms with E-state index < -0.39 is 0 Å². The number of H-pyrrole nitrogens is 1. The van der Waals surface area contributed by atoms with E-state index in [1.807, 2.05) is 6.92 Å². The zero-order chi connectivity index (χ0) is 4.41. The van der Waals surface area contributed by atoms with E-state index in [1.165, 1.54) is 0 Å². The fourth-order valence-corrected chi connectivity index (χ4v) is 0.325. The third kappa shape index (κ3) is 5.62. The minimum Gasteiger partial charge on any atom is -0.412 e. The average Bonchev–Trinajstić information content (AvgIpc) is 1.86. The van der Waals surface area contributed by atoms with E-state index >= 15 is 0 Å². The highest BCUT2D eigenvalue weighted by Gasteiger charge is 1.73. The van der Waals surface area contributed by atoms with Crippen LogP contribution >= 0.6 is 24.8 Å². The van der Waals surface area contributed by atoms with Crippen LogP contribution in [0.25, 0.3) is 0 Å². The Bertz CT molecular complexity index is 120. The van der Waals surface area contributed by atoms with Crippen molar-refractivity contribution in [2.45, 2.75) is 6.92 Å². The molecular formula is C4H10Cl2N2O. The van der Waals surface area contributed by atoms with Gasteiger partial charge in [0.05, 0.1) is 6.33 Å². The summed E-state index contributed by atoms with van der Waals surface area (Å²) in [5.41, 5.74) is 1.11. The molecule has 0 spiro atoms. The standard InChI is InChI=1S/C4H6N2.2ClH.H2O/c1-4-2-5-3-6-4;;;/h2-3H,1H3,(H,5,6);2*1H;1H2. The minimum atomic E-state index is 0. The summed E-state index contributed by atoms with van der Waals surface area (Å²) in [6, 6.07) is 0. The van der Waals surface area contributed by atoms with E-state index in [2.05, 4.69) is 9.97 Å². The van der Waals surface area contributed by atoms with Crippen molar-refractivity contribution in [1.29, 1.82) is 0 Å². The molecule has 0 amide bonds. The molecule has 0 aromatic carbocycles. The fraction of sp³-hybridized carbons (Fsp3) is 0.250. The topological polar surface area (TPSA) is 60.2 Å². The van der Waals surface area contributed by atoms with Crippen molar-refractivity contribution in [3.05, 3.63) is 18.2 Å². The third-order valence-corrected chi connectivity index (χ3v) is 0.635. The van der Waals surface area contributed by atoms with Crippen LogP contribution in [0.4, 0.5) is 0 Å². The quantitative estimate of drug-likeness (QED) is 0.617. The smallest absolute Gasteiger partial charge is 0.0921 e. The molecule has 0 saturated heterocycles. The second-order valence-corrected chi connectivity index (χ2v) is 1.23. The summed E-state index contributed by atoms with van der Waals surface area (Å²) in [6.07, 6.45) is 3.44. The Morgan fingerprint density at radius 2 is 2.00 bits per heavy atom. The van der Waals surface area contributed by atoms with Gasteiger partial charge in [0.1, 0.15) is 0 Å². The van der Waals surface area contributed by atoms with Crippen LogP contribution in [0.3, 0.4) is 0 Å². The van der Waals surface area contributed by atoms with E-state index in [-0.39, 0.29) is 30.3 Å². The van der Waals surface area contributed by atoms with Crippen molar-refractivity contribution in [3.8, 4) is 0 Å². The molecule has 3 nitrogen and oxygen atoms in total. The van der Waals surface area contributed by atoms with Gasteiger partial charge in [-0.3, -0.25) is 0 Å². The molecule has 1 aromatic heterocycles. The van der Waals surface area contributed by atoms with E-state index in [9.17, 15) is 0 Å². The van der Waals surface area contributed by atoms with Gasteiger partial charge in [0.15, 0.2) is 0 Å². The zero-order valence-electron chi connectivity index (χ0n) is 4.92. The van der Waals surface area contributed by atoms with Crippen LogP contribution in [-0.2, 0) is 0 Å². The predicted molar refractivity (Wildman–Crippen MR) is 41.4 cm³/mol. The summed E-state index contributed by atoms with van der Waals surface area (Å²) in [5, 5.41) is 0. The van der Waals surface area contributed by atoms with Crippen LogP contribution < -0.4 is 0 Å². The molecule has 5 heteroatoms. The summed E-state index contributed by atoms with van der Waals surface area (Å²) >= 11 is 0. The first-order chi connectivity index (χ1) is 2.89. The van der Waals surface area contributed by atoms with Crippen molar-refractivity contribution < 1.29 is 5.48 Å². The SMILES string of the molecule is Cc1cnc[nH]1.Cl.Cl.O. The first-order valence-corrected chi connectivity index (χ1v) is 1.84. The van der Waals surface area contributed by atoms with Gasteiger partial charge in [-0.15, -0.1) is 24.8 Å². The summed E-state index contributed by atoms with van der Waals surface area (Å²) in [7, 11) is 0. The molecule has 0 bridgehead atoms. The number of nitrogens with zero attached hydrogens (tertiary/aromatic N) is 1. The summed E-state index contributed by atoms with van der Waals surface area (Å²) in [4.78, 5) is 6.66. The number of halogens is 2. The van der Waals surface area contributed by atoms with Crippen molar-refractivity contribution in [2.75, 3.05) is 0 Å². The van der Waals surface area contributed by atoms with Crippen LogP contribution in [-0.4, -0.2) is 15.4 Å². The van der Waals surface area contributed by atoms with Crippen molar-refractivity contribution >= 4 is 24.8 Å². The van der Waals surface area contributed by atoms with E-state index in [0.717, 1.165) is 5.69 Å². The normalized spacial score (nSPS) is 5.89. The maximum atomic E-state index is 3.77. The number of aryl methyl sites for hydroxylation is 1. The molecule has 0 aliphatic heterocycles. The Labute approximate surface area is 66.0 Å². The summed E-state index contributed by atoms with van der Waals surface area (Å²) in [5.74, 6) is 0. The van der Waals surface area contributed by atoms with Crippen LogP contribution in [0, 0.1) is 6.92 Å². The van der Waals surface area contributed by atoms with Gasteiger partial charge >= 0.3 is 0 Å². The van der Waals surface area contributed by atoms with Crippen LogP contribution in [0.15, 0.2) is 12.5 Å². The lowest BCUT2D eigenvalue weighted by molar-refractivity contribution is 0.824. The lowest BCUT2D eigenvalue weighted by Crippen LogP contribution is -1.59. The highest BCUT2D eigenvalue weighted by atomic mass is 35.5. The Hall–Kier alpha value is -0.250. The maximum absolute atomic E-state index is 3.77. The Balaban J connectivity index is -0.000000120. The number of hydrogen-bond acceptors (Lipinski definition) is 1. The number of nitrogens with one attached hydrogen (secondary N) is 1. The van der Waals surface area contributed by atoms with Gasteiger partial charge in [-0.05, 0) is 6.92 Å². The molecule has 0 aliphatic rings. The lowest BCUT2D eigenvalue weighted by Gasteiger charge is -1.67. The van der Waals surface area contributed by atoms with Crippen molar-refractivity contribution in [3.63, 3.8) is 0 Å². The highest BCUT2D eigenvalue weighted by molar-refractivity contribution is 5.85. The first kappa shape index (κ1) is 15.9. The molecular weight excluding hydrogens is 163 g/mol. The molecule has 56 valence electrons. The van der Waals surface area contributed by atoms with Gasteiger partial charge in [0, 0.05) is 11.9 Å². The van der Waals surface area contributed by atoms with Gasteiger partial charge in [-0.1, -0.05) is 0 Å². The molecule has 0 radical (unpaired) electrons. The Morgan fingerprint density at radius 1 is 1.44 bits per heavy atom. The van der Waals surface area contributed by atoms with E-state index in [1.54, 1.807) is 12.5 Å². The summed E-state index contributed by atoms with van der Waals surface area (Å²) in [6.45, 7) is 1.97. The maximum Gasteiger partial charge on any atom is 0.0921 e. The molecule has 0 fully saturated rings. The largest absolute Gasteiger partial charge is 0.412 e. The molecule has 3 N–H and O–H groups in total. The third-order valence-electron chi connectivity index (χ3n) is 0.635. The van der Waals surface area contributed by atoms with Crippen molar-refractivity contribution in [2.24, 2.45) is 0 Å². The molecule has 1 aromatic rings. The summed E-state index contributed by atoms with van der Waals surface area (Å²) < 4.78 is 0. The molecule has 9 heavy (non-hydrogen) atoms.